The third kappa shape index (κ3) is 4.86. The Kier molecular flexibility index (Phi) is 5.31. The van der Waals surface area contributed by atoms with E-state index in [-0.39, 0.29) is 17.0 Å². The van der Waals surface area contributed by atoms with Gasteiger partial charge in [-0.15, -0.1) is 0 Å². The molecule has 1 fully saturated rings. The first kappa shape index (κ1) is 17.1. The molecule has 122 valence electrons. The first-order valence-corrected chi connectivity index (χ1v) is 9.28. The van der Waals surface area contributed by atoms with Crippen LogP contribution >= 0.6 is 11.6 Å². The molecule has 0 aromatic heterocycles. The minimum absolute atomic E-state index is 0.147. The molecule has 1 aliphatic heterocycles. The first-order valence-electron chi connectivity index (χ1n) is 7.01. The Morgan fingerprint density at radius 1 is 1.32 bits per heavy atom. The number of nitrogens with one attached hydrogen (secondary N) is 2. The van der Waals surface area contributed by atoms with Crippen LogP contribution in [0.4, 0.5) is 5.69 Å². The minimum Gasteiger partial charge on any atom is -0.349 e. The molecule has 2 N–H and O–H groups in total. The lowest BCUT2D eigenvalue weighted by molar-refractivity contribution is 0.0917. The fourth-order valence-electron chi connectivity index (χ4n) is 2.39. The van der Waals surface area contributed by atoms with Crippen molar-refractivity contribution < 1.29 is 13.2 Å². The van der Waals surface area contributed by atoms with Crippen LogP contribution in [0.3, 0.4) is 0 Å². The molecule has 1 heterocycles. The number of nitrogens with zero attached hydrogens (tertiary/aromatic N) is 1. The van der Waals surface area contributed by atoms with E-state index in [1.807, 2.05) is 0 Å². The zero-order chi connectivity index (χ0) is 16.3. The van der Waals surface area contributed by atoms with Crippen LogP contribution in [0.5, 0.6) is 0 Å². The van der Waals surface area contributed by atoms with Gasteiger partial charge < -0.3 is 10.2 Å². The van der Waals surface area contributed by atoms with Crippen molar-refractivity contribution in [2.75, 3.05) is 31.1 Å². The maximum absolute atomic E-state index is 12.3. The fourth-order valence-corrected chi connectivity index (χ4v) is 3.21. The lowest BCUT2D eigenvalue weighted by atomic mass is 10.0. The molecule has 0 aliphatic carbocycles. The number of amides is 1. The van der Waals surface area contributed by atoms with Crippen molar-refractivity contribution in [2.45, 2.75) is 18.9 Å². The van der Waals surface area contributed by atoms with E-state index in [9.17, 15) is 13.2 Å². The number of piperidine rings is 1. The summed E-state index contributed by atoms with van der Waals surface area (Å²) >= 11 is 6.09. The van der Waals surface area contributed by atoms with E-state index in [1.165, 1.54) is 18.2 Å². The van der Waals surface area contributed by atoms with Gasteiger partial charge in [-0.2, -0.15) is 0 Å². The number of carbonyl (C=O) groups excluding carboxylic acids is 1. The fraction of sp³-hybridized carbons (Fsp3) is 0.500. The molecule has 0 spiro atoms. The Balaban J connectivity index is 2.04. The van der Waals surface area contributed by atoms with Gasteiger partial charge in [0, 0.05) is 11.7 Å². The smallest absolute Gasteiger partial charge is 0.253 e. The molecule has 1 aromatic carbocycles. The molecule has 22 heavy (non-hydrogen) atoms. The molecule has 0 saturated carbocycles. The number of rotatable bonds is 4. The second-order valence-electron chi connectivity index (χ2n) is 5.62. The zero-order valence-corrected chi connectivity index (χ0v) is 14.2. The van der Waals surface area contributed by atoms with E-state index >= 15 is 0 Å². The Morgan fingerprint density at radius 3 is 2.50 bits per heavy atom. The SMILES string of the molecule is CN1CCC(NC(=O)c2ccc(NS(C)(=O)=O)cc2Cl)CC1. The Morgan fingerprint density at radius 2 is 1.95 bits per heavy atom. The van der Waals surface area contributed by atoms with E-state index in [4.69, 9.17) is 11.6 Å². The van der Waals surface area contributed by atoms with Gasteiger partial charge in [0.2, 0.25) is 10.0 Å². The maximum atomic E-state index is 12.3. The molecule has 0 atom stereocenters. The van der Waals surface area contributed by atoms with Gasteiger partial charge in [0.15, 0.2) is 0 Å². The second kappa shape index (κ2) is 6.85. The maximum Gasteiger partial charge on any atom is 0.253 e. The van der Waals surface area contributed by atoms with Gasteiger partial charge in [-0.05, 0) is 51.2 Å². The van der Waals surface area contributed by atoms with Gasteiger partial charge in [0.05, 0.1) is 16.8 Å². The highest BCUT2D eigenvalue weighted by Gasteiger charge is 2.20. The van der Waals surface area contributed by atoms with Crippen LogP contribution in [0.25, 0.3) is 0 Å². The summed E-state index contributed by atoms with van der Waals surface area (Å²) in [6.45, 7) is 1.91. The summed E-state index contributed by atoms with van der Waals surface area (Å²) in [6, 6.07) is 4.64. The van der Waals surface area contributed by atoms with Crippen molar-refractivity contribution in [2.24, 2.45) is 0 Å². The highest BCUT2D eigenvalue weighted by Crippen LogP contribution is 2.22. The number of carbonyl (C=O) groups is 1. The topological polar surface area (TPSA) is 78.5 Å². The highest BCUT2D eigenvalue weighted by molar-refractivity contribution is 7.92. The molecule has 1 aliphatic rings. The predicted molar refractivity (Wildman–Crippen MR) is 87.9 cm³/mol. The summed E-state index contributed by atoms with van der Waals surface area (Å²) in [5.74, 6) is -0.231. The van der Waals surface area contributed by atoms with Crippen molar-refractivity contribution in [1.29, 1.82) is 0 Å². The van der Waals surface area contributed by atoms with Crippen LogP contribution in [0.15, 0.2) is 18.2 Å². The summed E-state index contributed by atoms with van der Waals surface area (Å²) in [7, 11) is -1.31. The summed E-state index contributed by atoms with van der Waals surface area (Å²) in [5, 5.41) is 3.20. The van der Waals surface area contributed by atoms with Gasteiger partial charge >= 0.3 is 0 Å². The molecule has 0 bridgehead atoms. The average molecular weight is 346 g/mol. The van der Waals surface area contributed by atoms with Gasteiger partial charge in [-0.3, -0.25) is 9.52 Å². The van der Waals surface area contributed by atoms with Gasteiger partial charge in [0.25, 0.3) is 5.91 Å². The lowest BCUT2D eigenvalue weighted by Gasteiger charge is -2.29. The number of benzene rings is 1. The second-order valence-corrected chi connectivity index (χ2v) is 7.78. The normalized spacial score (nSPS) is 17.2. The quantitative estimate of drug-likeness (QED) is 0.867. The zero-order valence-electron chi connectivity index (χ0n) is 12.6. The monoisotopic (exact) mass is 345 g/mol. The molecule has 1 saturated heterocycles. The van der Waals surface area contributed by atoms with Gasteiger partial charge in [-0.1, -0.05) is 11.6 Å². The number of anilines is 1. The molecular formula is C14H20ClN3O3S. The number of likely N-dealkylation sites (tertiary alicyclic amines) is 1. The Bertz CT molecular complexity index is 655. The van der Waals surface area contributed by atoms with Crippen molar-refractivity contribution in [3.05, 3.63) is 28.8 Å². The van der Waals surface area contributed by atoms with E-state index in [0.29, 0.717) is 11.3 Å². The van der Waals surface area contributed by atoms with E-state index < -0.39 is 10.0 Å². The summed E-state index contributed by atoms with van der Waals surface area (Å²) in [6.07, 6.45) is 2.88. The van der Waals surface area contributed by atoms with Crippen molar-refractivity contribution in [3.63, 3.8) is 0 Å². The van der Waals surface area contributed by atoms with E-state index in [0.717, 1.165) is 32.2 Å². The molecular weight excluding hydrogens is 326 g/mol. The largest absolute Gasteiger partial charge is 0.349 e. The summed E-state index contributed by atoms with van der Waals surface area (Å²) in [5.41, 5.74) is 0.683. The summed E-state index contributed by atoms with van der Waals surface area (Å²) in [4.78, 5) is 14.5. The Hall–Kier alpha value is -1.31. The van der Waals surface area contributed by atoms with Crippen LogP contribution in [-0.4, -0.2) is 51.7 Å². The molecule has 6 nitrogen and oxygen atoms in total. The number of hydrogen-bond donors (Lipinski definition) is 2. The van der Waals surface area contributed by atoms with Crippen molar-refractivity contribution in [1.82, 2.24) is 10.2 Å². The third-order valence-corrected chi connectivity index (χ3v) is 4.49. The number of sulfonamides is 1. The standard InChI is InChI=1S/C14H20ClN3O3S/c1-18-7-5-10(6-8-18)16-14(19)12-4-3-11(9-13(12)15)17-22(2,20)21/h3-4,9-10,17H,5-8H2,1-2H3,(H,16,19). The number of hydrogen-bond acceptors (Lipinski definition) is 4. The van der Waals surface area contributed by atoms with Crippen LogP contribution in [0.1, 0.15) is 23.2 Å². The van der Waals surface area contributed by atoms with Crippen molar-refractivity contribution >= 4 is 33.2 Å². The lowest BCUT2D eigenvalue weighted by Crippen LogP contribution is -2.43. The summed E-state index contributed by atoms with van der Waals surface area (Å²) < 4.78 is 24.7. The molecule has 1 amide bonds. The predicted octanol–water partition coefficient (Wildman–Crippen LogP) is 1.54. The van der Waals surface area contributed by atoms with Crippen LogP contribution in [0.2, 0.25) is 5.02 Å². The van der Waals surface area contributed by atoms with Gasteiger partial charge in [0.1, 0.15) is 0 Å². The van der Waals surface area contributed by atoms with E-state index in [1.54, 1.807) is 0 Å². The highest BCUT2D eigenvalue weighted by atomic mass is 35.5. The molecule has 0 unspecified atom stereocenters. The molecule has 8 heteroatoms. The van der Waals surface area contributed by atoms with E-state index in [2.05, 4.69) is 22.0 Å². The van der Waals surface area contributed by atoms with Crippen LogP contribution < -0.4 is 10.0 Å². The van der Waals surface area contributed by atoms with Gasteiger partial charge in [-0.25, -0.2) is 8.42 Å². The first-order chi connectivity index (χ1) is 10.2. The number of halogens is 1. The van der Waals surface area contributed by atoms with Crippen LogP contribution in [-0.2, 0) is 10.0 Å². The Labute approximate surface area is 135 Å². The third-order valence-electron chi connectivity index (χ3n) is 3.57. The average Bonchev–Trinajstić information content (AvgIpc) is 2.39. The van der Waals surface area contributed by atoms with Crippen LogP contribution in [0, 0.1) is 0 Å². The molecule has 0 radical (unpaired) electrons. The minimum atomic E-state index is -3.37. The molecule has 1 aromatic rings. The molecule has 2 rings (SSSR count). The van der Waals surface area contributed by atoms with Crippen molar-refractivity contribution in [3.8, 4) is 0 Å².